The smallest absolute Gasteiger partial charge is 0.253 e. The number of hydrogen-bond acceptors (Lipinski definition) is 3. The fourth-order valence-electron chi connectivity index (χ4n) is 1.97. The van der Waals surface area contributed by atoms with Crippen LogP contribution in [0.25, 0.3) is 0 Å². The Bertz CT molecular complexity index is 621. The summed E-state index contributed by atoms with van der Waals surface area (Å²) in [6.07, 6.45) is 0. The van der Waals surface area contributed by atoms with Crippen molar-refractivity contribution in [2.45, 2.75) is 20.4 Å². The van der Waals surface area contributed by atoms with Crippen molar-refractivity contribution in [2.24, 2.45) is 10.9 Å². The van der Waals surface area contributed by atoms with E-state index in [1.54, 1.807) is 45.2 Å². The van der Waals surface area contributed by atoms with E-state index in [2.05, 4.69) is 29.5 Å². The van der Waals surface area contributed by atoms with E-state index in [0.29, 0.717) is 24.0 Å². The van der Waals surface area contributed by atoms with Crippen LogP contribution in [0.15, 0.2) is 29.3 Å². The van der Waals surface area contributed by atoms with E-state index in [-0.39, 0.29) is 18.4 Å². The molecule has 144 valence electrons. The first-order chi connectivity index (χ1) is 12.2. The van der Waals surface area contributed by atoms with Crippen molar-refractivity contribution in [3.8, 4) is 0 Å². The van der Waals surface area contributed by atoms with Gasteiger partial charge in [-0.1, -0.05) is 26.0 Å². The highest BCUT2D eigenvalue weighted by atomic mass is 16.2. The summed E-state index contributed by atoms with van der Waals surface area (Å²) >= 11 is 0. The molecule has 0 aliphatic carbocycles. The first-order valence-corrected chi connectivity index (χ1v) is 8.73. The first kappa shape index (κ1) is 21.5. The third-order valence-corrected chi connectivity index (χ3v) is 3.61. The predicted molar refractivity (Wildman–Crippen MR) is 105 cm³/mol. The highest BCUT2D eigenvalue weighted by Crippen LogP contribution is 2.07. The normalized spacial score (nSPS) is 11.3. The van der Waals surface area contributed by atoms with Gasteiger partial charge in [-0.3, -0.25) is 9.59 Å². The monoisotopic (exact) mass is 361 g/mol. The summed E-state index contributed by atoms with van der Waals surface area (Å²) in [7, 11) is 6.90. The van der Waals surface area contributed by atoms with Crippen molar-refractivity contribution in [3.05, 3.63) is 35.4 Å². The largest absolute Gasteiger partial charge is 0.356 e. The molecule has 2 N–H and O–H groups in total. The van der Waals surface area contributed by atoms with Crippen molar-refractivity contribution in [1.82, 2.24) is 20.4 Å². The molecule has 2 amide bonds. The molecule has 0 aromatic heterocycles. The average molecular weight is 361 g/mol. The average Bonchev–Trinajstić information content (AvgIpc) is 2.60. The lowest BCUT2D eigenvalue weighted by molar-refractivity contribution is -0.127. The fourth-order valence-corrected chi connectivity index (χ4v) is 1.97. The second kappa shape index (κ2) is 10.4. The highest BCUT2D eigenvalue weighted by Gasteiger charge is 2.08. The van der Waals surface area contributed by atoms with Gasteiger partial charge in [-0.25, -0.2) is 4.99 Å². The zero-order valence-corrected chi connectivity index (χ0v) is 16.7. The van der Waals surface area contributed by atoms with Crippen molar-refractivity contribution >= 4 is 17.8 Å². The Kier molecular flexibility index (Phi) is 8.61. The van der Waals surface area contributed by atoms with E-state index in [4.69, 9.17) is 0 Å². The van der Waals surface area contributed by atoms with Gasteiger partial charge in [0, 0.05) is 40.3 Å². The zero-order valence-electron chi connectivity index (χ0n) is 16.7. The molecule has 1 aromatic carbocycles. The number of amides is 2. The number of aliphatic imine (C=N–C) groups is 1. The molecule has 0 spiro atoms. The maximum atomic E-state index is 11.9. The zero-order chi connectivity index (χ0) is 19.7. The Morgan fingerprint density at radius 1 is 1.00 bits per heavy atom. The van der Waals surface area contributed by atoms with Crippen LogP contribution in [-0.4, -0.2) is 68.9 Å². The molecule has 0 atom stereocenters. The van der Waals surface area contributed by atoms with Crippen LogP contribution in [0.2, 0.25) is 0 Å². The number of carbonyl (C=O) groups is 2. The second-order valence-corrected chi connectivity index (χ2v) is 6.98. The highest BCUT2D eigenvalue weighted by molar-refractivity contribution is 5.93. The van der Waals surface area contributed by atoms with Gasteiger partial charge in [0.1, 0.15) is 0 Å². The summed E-state index contributed by atoms with van der Waals surface area (Å²) < 4.78 is 0. The Labute approximate surface area is 156 Å². The molecule has 0 heterocycles. The van der Waals surface area contributed by atoms with Gasteiger partial charge in [-0.15, -0.1) is 0 Å². The molecule has 0 unspecified atom stereocenters. The molecule has 0 saturated carbocycles. The number of likely N-dealkylation sites (N-methyl/N-ethyl adjacent to an activating group) is 1. The van der Waals surface area contributed by atoms with E-state index < -0.39 is 0 Å². The minimum Gasteiger partial charge on any atom is -0.356 e. The molecule has 1 rings (SSSR count). The summed E-state index contributed by atoms with van der Waals surface area (Å²) in [5.41, 5.74) is 1.64. The van der Waals surface area contributed by atoms with Crippen LogP contribution < -0.4 is 10.6 Å². The summed E-state index contributed by atoms with van der Waals surface area (Å²) in [5.74, 6) is 1.02. The molecule has 7 heteroatoms. The van der Waals surface area contributed by atoms with Gasteiger partial charge in [-0.2, -0.15) is 0 Å². The lowest BCUT2D eigenvalue weighted by atomic mass is 10.1. The van der Waals surface area contributed by atoms with Crippen LogP contribution in [0.4, 0.5) is 0 Å². The molecule has 1 aromatic rings. The van der Waals surface area contributed by atoms with E-state index in [9.17, 15) is 9.59 Å². The molecular weight excluding hydrogens is 330 g/mol. The molecule has 7 nitrogen and oxygen atoms in total. The van der Waals surface area contributed by atoms with Gasteiger partial charge in [0.15, 0.2) is 5.96 Å². The molecule has 0 saturated heterocycles. The summed E-state index contributed by atoms with van der Waals surface area (Å²) in [6.45, 7) is 5.62. The number of guanidine groups is 1. The molecule has 0 radical (unpaired) electrons. The summed E-state index contributed by atoms with van der Waals surface area (Å²) in [5, 5.41) is 6.29. The fraction of sp³-hybridized carbons (Fsp3) is 0.526. The van der Waals surface area contributed by atoms with Crippen LogP contribution >= 0.6 is 0 Å². The van der Waals surface area contributed by atoms with Crippen LogP contribution in [0, 0.1) is 5.92 Å². The van der Waals surface area contributed by atoms with Gasteiger partial charge < -0.3 is 20.4 Å². The Balaban J connectivity index is 2.75. The quantitative estimate of drug-likeness (QED) is 0.565. The maximum Gasteiger partial charge on any atom is 0.253 e. The van der Waals surface area contributed by atoms with Crippen LogP contribution in [0.5, 0.6) is 0 Å². The second-order valence-electron chi connectivity index (χ2n) is 6.98. The summed E-state index contributed by atoms with van der Waals surface area (Å²) in [6, 6.07) is 7.39. The third kappa shape index (κ3) is 7.55. The maximum absolute atomic E-state index is 11.9. The molecule has 26 heavy (non-hydrogen) atoms. The lowest BCUT2D eigenvalue weighted by Gasteiger charge is -2.16. The van der Waals surface area contributed by atoms with E-state index in [0.717, 1.165) is 12.1 Å². The van der Waals surface area contributed by atoms with Crippen molar-refractivity contribution in [3.63, 3.8) is 0 Å². The lowest BCUT2D eigenvalue weighted by Crippen LogP contribution is -2.44. The molecule has 0 aliphatic heterocycles. The number of nitrogens with one attached hydrogen (secondary N) is 2. The number of benzene rings is 1. The first-order valence-electron chi connectivity index (χ1n) is 8.73. The van der Waals surface area contributed by atoms with Gasteiger partial charge in [0.25, 0.3) is 5.91 Å². The molecule has 0 bridgehead atoms. The van der Waals surface area contributed by atoms with Crippen LogP contribution in [0.1, 0.15) is 29.8 Å². The van der Waals surface area contributed by atoms with Gasteiger partial charge in [0.05, 0.1) is 13.1 Å². The van der Waals surface area contributed by atoms with E-state index in [1.807, 2.05) is 12.1 Å². The minimum absolute atomic E-state index is 0.0180. The van der Waals surface area contributed by atoms with Crippen LogP contribution in [0.3, 0.4) is 0 Å². The molecule has 0 aliphatic rings. The van der Waals surface area contributed by atoms with Crippen LogP contribution in [-0.2, 0) is 11.3 Å². The predicted octanol–water partition coefficient (Wildman–Crippen LogP) is 1.17. The van der Waals surface area contributed by atoms with Crippen molar-refractivity contribution in [2.75, 3.05) is 41.3 Å². The number of carbonyl (C=O) groups excluding carboxylic acids is 2. The van der Waals surface area contributed by atoms with Gasteiger partial charge in [0.2, 0.25) is 5.91 Å². The topological polar surface area (TPSA) is 77.0 Å². The number of nitrogens with zero attached hydrogens (tertiary/aromatic N) is 3. The number of hydrogen-bond donors (Lipinski definition) is 2. The molecular formula is C19H31N5O2. The Hall–Kier alpha value is -2.57. The Morgan fingerprint density at radius 2 is 1.62 bits per heavy atom. The Morgan fingerprint density at radius 3 is 2.12 bits per heavy atom. The van der Waals surface area contributed by atoms with Crippen molar-refractivity contribution in [1.29, 1.82) is 0 Å². The number of rotatable bonds is 7. The summed E-state index contributed by atoms with van der Waals surface area (Å²) in [4.78, 5) is 31.3. The van der Waals surface area contributed by atoms with E-state index >= 15 is 0 Å². The SMILES string of the molecule is CC(C)CNC(=NCc1ccc(C(=O)N(C)C)cc1)NCC(=O)N(C)C. The van der Waals surface area contributed by atoms with Crippen molar-refractivity contribution < 1.29 is 9.59 Å². The van der Waals surface area contributed by atoms with E-state index in [1.165, 1.54) is 4.90 Å². The standard InChI is InChI=1S/C19H31N5O2/c1-14(2)11-20-19(22-13-17(25)23(3)4)21-12-15-7-9-16(10-8-15)18(26)24(5)6/h7-10,14H,11-13H2,1-6H3,(H2,20,21,22). The minimum atomic E-state index is -0.0248. The van der Waals surface area contributed by atoms with Gasteiger partial charge in [-0.05, 0) is 23.6 Å². The third-order valence-electron chi connectivity index (χ3n) is 3.61. The molecule has 0 fully saturated rings. The van der Waals surface area contributed by atoms with Gasteiger partial charge >= 0.3 is 0 Å².